The maximum atomic E-state index is 6.08. The van der Waals surface area contributed by atoms with E-state index in [2.05, 4.69) is 33.1 Å². The van der Waals surface area contributed by atoms with E-state index in [4.69, 9.17) is 5.73 Å². The normalized spacial score (nSPS) is 16.2. The number of rotatable bonds is 3. The monoisotopic (exact) mass is 301 g/mol. The Morgan fingerprint density at radius 3 is 2.95 bits per heavy atom. The molecule has 1 aliphatic heterocycles. The summed E-state index contributed by atoms with van der Waals surface area (Å²) in [6, 6.07) is 8.28. The molecule has 6 heteroatoms. The highest BCUT2D eigenvalue weighted by molar-refractivity contribution is 7.99. The molecule has 0 saturated carbocycles. The van der Waals surface area contributed by atoms with E-state index in [1.54, 1.807) is 12.5 Å². The van der Waals surface area contributed by atoms with E-state index in [1.807, 2.05) is 28.6 Å². The van der Waals surface area contributed by atoms with E-state index < -0.39 is 0 Å². The predicted octanol–water partition coefficient (Wildman–Crippen LogP) is 1.74. The van der Waals surface area contributed by atoms with E-state index in [-0.39, 0.29) is 0 Å². The smallest absolute Gasteiger partial charge is 0.191 e. The average Bonchev–Trinajstić information content (AvgIpc) is 3.08. The van der Waals surface area contributed by atoms with Crippen LogP contribution in [0.1, 0.15) is 5.56 Å². The third kappa shape index (κ3) is 3.58. The van der Waals surface area contributed by atoms with Gasteiger partial charge in [0.25, 0.3) is 0 Å². The Balaban J connectivity index is 1.68. The van der Waals surface area contributed by atoms with Crippen molar-refractivity contribution in [3.63, 3.8) is 0 Å². The van der Waals surface area contributed by atoms with Gasteiger partial charge in [-0.3, -0.25) is 0 Å². The zero-order valence-electron chi connectivity index (χ0n) is 11.9. The highest BCUT2D eigenvalue weighted by Gasteiger charge is 2.11. The van der Waals surface area contributed by atoms with Crippen molar-refractivity contribution in [2.45, 2.75) is 6.54 Å². The van der Waals surface area contributed by atoms with Crippen LogP contribution in [-0.2, 0) is 6.54 Å². The number of imidazole rings is 1. The van der Waals surface area contributed by atoms with Crippen LogP contribution in [0, 0.1) is 0 Å². The summed E-state index contributed by atoms with van der Waals surface area (Å²) in [5.74, 6) is 2.92. The minimum absolute atomic E-state index is 0.609. The van der Waals surface area contributed by atoms with Gasteiger partial charge in [0.1, 0.15) is 0 Å². The first kappa shape index (κ1) is 14.0. The highest BCUT2D eigenvalue weighted by atomic mass is 32.2. The lowest BCUT2D eigenvalue weighted by Gasteiger charge is -2.27. The van der Waals surface area contributed by atoms with Gasteiger partial charge in [-0.2, -0.15) is 11.8 Å². The van der Waals surface area contributed by atoms with Gasteiger partial charge in [0, 0.05) is 42.7 Å². The van der Waals surface area contributed by atoms with Crippen molar-refractivity contribution in [3.05, 3.63) is 48.5 Å². The molecule has 0 atom stereocenters. The van der Waals surface area contributed by atoms with E-state index in [0.29, 0.717) is 12.5 Å². The molecule has 0 aliphatic carbocycles. The van der Waals surface area contributed by atoms with Crippen LogP contribution in [0.4, 0.5) is 0 Å². The number of thioether (sulfide) groups is 1. The second-order valence-electron chi connectivity index (χ2n) is 4.91. The number of guanidine groups is 1. The Labute approximate surface area is 128 Å². The number of aromatic nitrogens is 2. The standard InChI is InChI=1S/C15H19N5S/c16-15(19-6-8-21-9-7-19)18-11-13-2-1-3-14(10-13)20-5-4-17-12-20/h1-5,10,12H,6-9,11H2,(H2,16,18). The minimum Gasteiger partial charge on any atom is -0.370 e. The Kier molecular flexibility index (Phi) is 4.45. The fraction of sp³-hybridized carbons (Fsp3) is 0.333. The lowest BCUT2D eigenvalue weighted by Crippen LogP contribution is -2.42. The summed E-state index contributed by atoms with van der Waals surface area (Å²) in [4.78, 5) is 10.8. The molecule has 21 heavy (non-hydrogen) atoms. The second-order valence-corrected chi connectivity index (χ2v) is 6.14. The summed E-state index contributed by atoms with van der Waals surface area (Å²) in [6.45, 7) is 2.60. The number of nitrogens with zero attached hydrogens (tertiary/aromatic N) is 4. The molecular formula is C15H19N5S. The topological polar surface area (TPSA) is 59.4 Å². The summed E-state index contributed by atoms with van der Waals surface area (Å²) in [6.07, 6.45) is 5.50. The van der Waals surface area contributed by atoms with Crippen LogP contribution >= 0.6 is 11.8 Å². The van der Waals surface area contributed by atoms with Crippen LogP contribution < -0.4 is 5.73 Å². The van der Waals surface area contributed by atoms with Crippen LogP contribution in [0.5, 0.6) is 0 Å². The average molecular weight is 301 g/mol. The number of benzene rings is 1. The quantitative estimate of drug-likeness (QED) is 0.693. The molecule has 2 heterocycles. The molecule has 110 valence electrons. The van der Waals surface area contributed by atoms with Crippen molar-refractivity contribution in [3.8, 4) is 5.69 Å². The van der Waals surface area contributed by atoms with Crippen molar-refractivity contribution in [2.75, 3.05) is 24.6 Å². The van der Waals surface area contributed by atoms with Crippen LogP contribution in [0.2, 0.25) is 0 Å². The maximum Gasteiger partial charge on any atom is 0.191 e. The first-order valence-electron chi connectivity index (χ1n) is 7.03. The molecule has 5 nitrogen and oxygen atoms in total. The lowest BCUT2D eigenvalue weighted by molar-refractivity contribution is 0.455. The first-order valence-corrected chi connectivity index (χ1v) is 8.18. The van der Waals surface area contributed by atoms with Gasteiger partial charge < -0.3 is 15.2 Å². The molecular weight excluding hydrogens is 282 g/mol. The molecule has 0 unspecified atom stereocenters. The largest absolute Gasteiger partial charge is 0.370 e. The van der Waals surface area contributed by atoms with Crippen LogP contribution in [0.25, 0.3) is 5.69 Å². The summed E-state index contributed by atoms with van der Waals surface area (Å²) >= 11 is 1.97. The van der Waals surface area contributed by atoms with Gasteiger partial charge in [-0.05, 0) is 17.7 Å². The third-order valence-corrected chi connectivity index (χ3v) is 4.41. The van der Waals surface area contributed by atoms with Gasteiger partial charge in [-0.1, -0.05) is 12.1 Å². The fourth-order valence-electron chi connectivity index (χ4n) is 2.29. The minimum atomic E-state index is 0.609. The van der Waals surface area contributed by atoms with Crippen molar-refractivity contribution in [1.29, 1.82) is 0 Å². The number of nitrogens with two attached hydrogens (primary N) is 1. The molecule has 3 rings (SSSR count). The zero-order chi connectivity index (χ0) is 14.5. The Morgan fingerprint density at radius 1 is 1.33 bits per heavy atom. The van der Waals surface area contributed by atoms with Crippen molar-refractivity contribution in [1.82, 2.24) is 14.5 Å². The molecule has 1 aromatic carbocycles. The van der Waals surface area contributed by atoms with Crippen molar-refractivity contribution < 1.29 is 0 Å². The molecule has 1 fully saturated rings. The molecule has 0 spiro atoms. The molecule has 0 bridgehead atoms. The SMILES string of the molecule is NC(=NCc1cccc(-n2ccnc2)c1)N1CCSCC1. The van der Waals surface area contributed by atoms with Gasteiger partial charge in [0.15, 0.2) is 5.96 Å². The summed E-state index contributed by atoms with van der Waals surface area (Å²) in [5.41, 5.74) is 8.32. The maximum absolute atomic E-state index is 6.08. The van der Waals surface area contributed by atoms with Crippen LogP contribution in [0.3, 0.4) is 0 Å². The number of hydrogen-bond acceptors (Lipinski definition) is 3. The summed E-state index contributed by atoms with van der Waals surface area (Å²) in [5, 5.41) is 0. The molecule has 1 aliphatic rings. The number of hydrogen-bond donors (Lipinski definition) is 1. The van der Waals surface area contributed by atoms with E-state index >= 15 is 0 Å². The molecule has 2 aromatic rings. The summed E-state index contributed by atoms with van der Waals surface area (Å²) < 4.78 is 1.98. The molecule has 0 amide bonds. The van der Waals surface area contributed by atoms with Crippen LogP contribution in [-0.4, -0.2) is 45.0 Å². The van der Waals surface area contributed by atoms with Crippen LogP contribution in [0.15, 0.2) is 48.0 Å². The molecule has 0 radical (unpaired) electrons. The summed E-state index contributed by atoms with van der Waals surface area (Å²) in [7, 11) is 0. The third-order valence-electron chi connectivity index (χ3n) is 3.47. The Hall–Kier alpha value is -1.95. The number of aliphatic imine (C=N–C) groups is 1. The fourth-order valence-corrected chi connectivity index (χ4v) is 3.20. The highest BCUT2D eigenvalue weighted by Crippen LogP contribution is 2.12. The Morgan fingerprint density at radius 2 is 2.19 bits per heavy atom. The van der Waals surface area contributed by atoms with Crippen molar-refractivity contribution >= 4 is 17.7 Å². The second kappa shape index (κ2) is 6.67. The van der Waals surface area contributed by atoms with Gasteiger partial charge in [0.05, 0.1) is 12.9 Å². The van der Waals surface area contributed by atoms with E-state index in [9.17, 15) is 0 Å². The predicted molar refractivity (Wildman–Crippen MR) is 87.8 cm³/mol. The van der Waals surface area contributed by atoms with E-state index in [1.165, 1.54) is 0 Å². The molecule has 2 N–H and O–H groups in total. The lowest BCUT2D eigenvalue weighted by atomic mass is 10.2. The Bertz CT molecular complexity index is 602. The molecule has 1 aromatic heterocycles. The molecule has 1 saturated heterocycles. The van der Waals surface area contributed by atoms with Gasteiger partial charge >= 0.3 is 0 Å². The zero-order valence-corrected chi connectivity index (χ0v) is 12.7. The first-order chi connectivity index (χ1) is 10.3. The van der Waals surface area contributed by atoms with Gasteiger partial charge in [-0.15, -0.1) is 0 Å². The van der Waals surface area contributed by atoms with Gasteiger partial charge in [0.2, 0.25) is 0 Å². The van der Waals surface area contributed by atoms with Crippen molar-refractivity contribution in [2.24, 2.45) is 10.7 Å². The van der Waals surface area contributed by atoms with Gasteiger partial charge in [-0.25, -0.2) is 9.98 Å². The van der Waals surface area contributed by atoms with E-state index in [0.717, 1.165) is 35.8 Å².